The Hall–Kier alpha value is -2.34. The van der Waals surface area contributed by atoms with Gasteiger partial charge in [-0.2, -0.15) is 13.2 Å². The summed E-state index contributed by atoms with van der Waals surface area (Å²) >= 11 is 0. The maximum Gasteiger partial charge on any atom is 0.416 e. The van der Waals surface area contributed by atoms with Gasteiger partial charge < -0.3 is 5.32 Å². The summed E-state index contributed by atoms with van der Waals surface area (Å²) in [5.74, 6) is -0.359. The van der Waals surface area contributed by atoms with Gasteiger partial charge in [0.15, 0.2) is 0 Å². The van der Waals surface area contributed by atoms with Crippen LogP contribution in [0.3, 0.4) is 0 Å². The van der Waals surface area contributed by atoms with Crippen molar-refractivity contribution in [2.75, 3.05) is 5.32 Å². The van der Waals surface area contributed by atoms with Crippen LogP contribution in [0.2, 0.25) is 0 Å². The highest BCUT2D eigenvalue weighted by Crippen LogP contribution is 2.31. The van der Waals surface area contributed by atoms with E-state index in [4.69, 9.17) is 0 Å². The third-order valence-electron chi connectivity index (χ3n) is 4.61. The molecule has 2 N–H and O–H groups in total. The van der Waals surface area contributed by atoms with Gasteiger partial charge >= 0.3 is 6.18 Å². The van der Waals surface area contributed by atoms with Crippen LogP contribution in [0.1, 0.15) is 42.9 Å². The molecule has 0 aromatic heterocycles. The molecule has 3 nitrogen and oxygen atoms in total. The zero-order valence-corrected chi connectivity index (χ0v) is 14.2. The summed E-state index contributed by atoms with van der Waals surface area (Å²) in [6, 6.07) is 13.6. The van der Waals surface area contributed by atoms with Crippen LogP contribution < -0.4 is 10.6 Å². The minimum Gasteiger partial charge on any atom is -0.324 e. The van der Waals surface area contributed by atoms with E-state index >= 15 is 0 Å². The lowest BCUT2D eigenvalue weighted by Gasteiger charge is -2.23. The van der Waals surface area contributed by atoms with Crippen LogP contribution in [0, 0.1) is 0 Å². The predicted molar refractivity (Wildman–Crippen MR) is 94.6 cm³/mol. The van der Waals surface area contributed by atoms with Gasteiger partial charge in [-0.15, -0.1) is 0 Å². The molecule has 26 heavy (non-hydrogen) atoms. The normalized spacial score (nSPS) is 16.4. The van der Waals surface area contributed by atoms with Crippen LogP contribution in [0.25, 0.3) is 0 Å². The maximum atomic E-state index is 12.9. The van der Waals surface area contributed by atoms with Crippen molar-refractivity contribution in [3.63, 3.8) is 0 Å². The average molecular weight is 362 g/mol. The van der Waals surface area contributed by atoms with Crippen molar-refractivity contribution >= 4 is 11.6 Å². The third kappa shape index (κ3) is 4.64. The van der Waals surface area contributed by atoms with Crippen LogP contribution in [-0.2, 0) is 11.0 Å². The molecule has 0 radical (unpaired) electrons. The molecule has 138 valence electrons. The molecular formula is C20H21F3N2O. The van der Waals surface area contributed by atoms with E-state index in [2.05, 4.69) is 10.6 Å². The first-order valence-corrected chi connectivity index (χ1v) is 8.72. The number of nitrogens with one attached hydrogen (secondary N) is 2. The van der Waals surface area contributed by atoms with E-state index in [1.807, 2.05) is 30.3 Å². The molecule has 1 atom stereocenters. The highest BCUT2D eigenvalue weighted by atomic mass is 19.4. The second-order valence-electron chi connectivity index (χ2n) is 6.56. The summed E-state index contributed by atoms with van der Waals surface area (Å²) in [6.45, 7) is 0. The number of amides is 1. The fourth-order valence-corrected chi connectivity index (χ4v) is 3.28. The minimum atomic E-state index is -4.44. The Bertz CT molecular complexity index is 740. The van der Waals surface area contributed by atoms with E-state index < -0.39 is 17.8 Å². The minimum absolute atomic E-state index is 0.138. The first kappa shape index (κ1) is 18.5. The third-order valence-corrected chi connectivity index (χ3v) is 4.61. The van der Waals surface area contributed by atoms with Crippen LogP contribution in [0.5, 0.6) is 0 Å². The second kappa shape index (κ2) is 7.91. The van der Waals surface area contributed by atoms with Crippen molar-refractivity contribution in [1.29, 1.82) is 0 Å². The van der Waals surface area contributed by atoms with E-state index in [1.165, 1.54) is 12.1 Å². The number of halogens is 3. The summed E-state index contributed by atoms with van der Waals surface area (Å²) in [4.78, 5) is 12.8. The molecule has 1 aliphatic rings. The zero-order valence-electron chi connectivity index (χ0n) is 14.2. The topological polar surface area (TPSA) is 41.1 Å². The van der Waals surface area contributed by atoms with Crippen molar-refractivity contribution in [3.05, 3.63) is 65.7 Å². The molecular weight excluding hydrogens is 341 g/mol. The lowest BCUT2D eigenvalue weighted by Crippen LogP contribution is -2.38. The number of rotatable bonds is 5. The molecule has 1 fully saturated rings. The molecule has 1 amide bonds. The summed E-state index contributed by atoms with van der Waals surface area (Å²) in [7, 11) is 0. The van der Waals surface area contributed by atoms with Crippen molar-refractivity contribution in [1.82, 2.24) is 5.32 Å². The van der Waals surface area contributed by atoms with Gasteiger partial charge in [-0.1, -0.05) is 49.2 Å². The van der Waals surface area contributed by atoms with E-state index in [0.29, 0.717) is 0 Å². The van der Waals surface area contributed by atoms with Gasteiger partial charge in [0, 0.05) is 11.7 Å². The standard InChI is InChI=1S/C20H21F3N2O/c21-20(22,23)15-9-6-12-17(13-15)25-19(26)18(14-7-2-1-3-8-14)24-16-10-4-5-11-16/h1-3,6-9,12-13,16,18,24H,4-5,10-11H2,(H,25,26)/t18-/m1/s1. The van der Waals surface area contributed by atoms with Gasteiger partial charge in [0.1, 0.15) is 6.04 Å². The predicted octanol–water partition coefficient (Wildman–Crippen LogP) is 4.92. The molecule has 1 aliphatic carbocycles. The number of carbonyl (C=O) groups is 1. The average Bonchev–Trinajstić information content (AvgIpc) is 3.13. The Morgan fingerprint density at radius 2 is 1.69 bits per heavy atom. The summed E-state index contributed by atoms with van der Waals surface area (Å²) in [5.41, 5.74) is 0.151. The van der Waals surface area contributed by atoms with Gasteiger partial charge in [-0.3, -0.25) is 10.1 Å². The highest BCUT2D eigenvalue weighted by Gasteiger charge is 2.31. The molecule has 3 rings (SSSR count). The molecule has 1 saturated carbocycles. The SMILES string of the molecule is O=C(Nc1cccc(C(F)(F)F)c1)[C@H](NC1CCCC1)c1ccccc1. The molecule has 6 heteroatoms. The monoisotopic (exact) mass is 362 g/mol. The largest absolute Gasteiger partial charge is 0.416 e. The van der Waals surface area contributed by atoms with Gasteiger partial charge in [-0.25, -0.2) is 0 Å². The Labute approximate surface area is 150 Å². The molecule has 0 heterocycles. The molecule has 2 aromatic carbocycles. The van der Waals surface area contributed by atoms with Crippen LogP contribution in [-0.4, -0.2) is 11.9 Å². The maximum absolute atomic E-state index is 12.9. The molecule has 0 saturated heterocycles. The fraction of sp³-hybridized carbons (Fsp3) is 0.350. The first-order chi connectivity index (χ1) is 12.4. The Morgan fingerprint density at radius 3 is 2.35 bits per heavy atom. The van der Waals surface area contributed by atoms with Crippen molar-refractivity contribution in [2.24, 2.45) is 0 Å². The summed E-state index contributed by atoms with van der Waals surface area (Å²) < 4.78 is 38.6. The molecule has 2 aromatic rings. The number of anilines is 1. The summed E-state index contributed by atoms with van der Waals surface area (Å²) in [5, 5.41) is 5.99. The van der Waals surface area contributed by atoms with Crippen molar-refractivity contribution in [3.8, 4) is 0 Å². The van der Waals surface area contributed by atoms with E-state index in [-0.39, 0.29) is 17.6 Å². The van der Waals surface area contributed by atoms with Gasteiger partial charge in [0.25, 0.3) is 0 Å². The van der Waals surface area contributed by atoms with Gasteiger partial charge in [0.2, 0.25) is 5.91 Å². The van der Waals surface area contributed by atoms with E-state index in [1.54, 1.807) is 0 Å². The van der Waals surface area contributed by atoms with Crippen LogP contribution in [0.15, 0.2) is 54.6 Å². The van der Waals surface area contributed by atoms with Crippen molar-refractivity contribution in [2.45, 2.75) is 43.9 Å². The van der Waals surface area contributed by atoms with Gasteiger partial charge in [-0.05, 0) is 36.6 Å². The van der Waals surface area contributed by atoms with Crippen LogP contribution in [0.4, 0.5) is 18.9 Å². The first-order valence-electron chi connectivity index (χ1n) is 8.72. The number of benzene rings is 2. The van der Waals surface area contributed by atoms with Crippen molar-refractivity contribution < 1.29 is 18.0 Å². The smallest absolute Gasteiger partial charge is 0.324 e. The number of hydrogen-bond donors (Lipinski definition) is 2. The second-order valence-corrected chi connectivity index (χ2v) is 6.56. The van der Waals surface area contributed by atoms with E-state index in [0.717, 1.165) is 43.4 Å². The van der Waals surface area contributed by atoms with E-state index in [9.17, 15) is 18.0 Å². The molecule has 0 aliphatic heterocycles. The Balaban J connectivity index is 1.79. The number of carbonyl (C=O) groups excluding carboxylic acids is 1. The van der Waals surface area contributed by atoms with Crippen LogP contribution >= 0.6 is 0 Å². The lowest BCUT2D eigenvalue weighted by molar-refractivity contribution is -0.137. The fourth-order valence-electron chi connectivity index (χ4n) is 3.28. The number of hydrogen-bond acceptors (Lipinski definition) is 2. The molecule has 0 bridgehead atoms. The Kier molecular flexibility index (Phi) is 5.61. The van der Waals surface area contributed by atoms with Gasteiger partial charge in [0.05, 0.1) is 5.56 Å². The number of alkyl halides is 3. The quantitative estimate of drug-likeness (QED) is 0.793. The zero-order chi connectivity index (χ0) is 18.6. The molecule has 0 unspecified atom stereocenters. The lowest BCUT2D eigenvalue weighted by atomic mass is 10.0. The summed E-state index contributed by atoms with van der Waals surface area (Å²) in [6.07, 6.45) is -0.204. The molecule has 0 spiro atoms. The highest BCUT2D eigenvalue weighted by molar-refractivity contribution is 5.95. The Morgan fingerprint density at radius 1 is 1.00 bits per heavy atom.